The first-order valence-corrected chi connectivity index (χ1v) is 14.2. The number of aryl methyl sites for hydroxylation is 3. The summed E-state index contributed by atoms with van der Waals surface area (Å²) in [5, 5.41) is 21.6. The van der Waals surface area contributed by atoms with Crippen molar-refractivity contribution in [1.29, 1.82) is 10.8 Å². The number of rotatable bonds is 5. The van der Waals surface area contributed by atoms with Gasteiger partial charge in [-0.3, -0.25) is 10.8 Å². The first-order valence-electron chi connectivity index (χ1n) is 13.4. The Labute approximate surface area is 239 Å². The minimum absolute atomic E-state index is 0.224. The van der Waals surface area contributed by atoms with E-state index in [9.17, 15) is 0 Å². The van der Waals surface area contributed by atoms with Gasteiger partial charge in [-0.15, -0.1) is 0 Å². The number of amidine groups is 3. The van der Waals surface area contributed by atoms with Crippen molar-refractivity contribution in [2.75, 3.05) is 0 Å². The van der Waals surface area contributed by atoms with E-state index in [1.165, 1.54) is 45.1 Å². The van der Waals surface area contributed by atoms with E-state index >= 15 is 0 Å². The Hall–Kier alpha value is -4.42. The zero-order chi connectivity index (χ0) is 27.8. The topological polar surface area (TPSA) is 75.3 Å². The van der Waals surface area contributed by atoms with Gasteiger partial charge < -0.3 is 10.2 Å². The molecule has 6 rings (SSSR count). The number of nitrogens with one attached hydrogen (secondary N) is 3. The molecule has 3 N–H and O–H groups in total. The molecule has 0 bridgehead atoms. The van der Waals surface area contributed by atoms with Crippen LogP contribution in [0.4, 0.5) is 0 Å². The lowest BCUT2D eigenvalue weighted by molar-refractivity contribution is 0.415. The lowest BCUT2D eigenvalue weighted by atomic mass is 9.93. The Kier molecular flexibility index (Phi) is 6.86. The van der Waals surface area contributed by atoms with Gasteiger partial charge in [-0.1, -0.05) is 78.9 Å². The van der Waals surface area contributed by atoms with Crippen LogP contribution in [-0.4, -0.2) is 21.7 Å². The van der Waals surface area contributed by atoms with Gasteiger partial charge in [-0.05, 0) is 83.6 Å². The van der Waals surface area contributed by atoms with Crippen LogP contribution in [0.15, 0.2) is 101 Å². The fourth-order valence-corrected chi connectivity index (χ4v) is 6.24. The zero-order valence-corrected chi connectivity index (χ0v) is 23.7. The number of nitrogens with zero attached hydrogens (tertiary/aromatic N) is 2. The van der Waals surface area contributed by atoms with Crippen LogP contribution < -0.4 is 5.32 Å². The summed E-state index contributed by atoms with van der Waals surface area (Å²) in [6.07, 6.45) is 0. The molecule has 4 aromatic carbocycles. The van der Waals surface area contributed by atoms with Crippen molar-refractivity contribution in [3.05, 3.63) is 135 Å². The molecule has 6 heteroatoms. The maximum atomic E-state index is 8.86. The number of fused-ring (bicyclic) bond motifs is 1. The van der Waals surface area contributed by atoms with Crippen LogP contribution in [-0.2, 0) is 13.1 Å². The molecule has 2 heterocycles. The average Bonchev–Trinajstić information content (AvgIpc) is 3.50. The highest BCUT2D eigenvalue weighted by Crippen LogP contribution is 2.40. The first-order chi connectivity index (χ1) is 19.4. The zero-order valence-electron chi connectivity index (χ0n) is 22.9. The molecule has 40 heavy (non-hydrogen) atoms. The summed E-state index contributed by atoms with van der Waals surface area (Å²) in [5.74, 6) is 0.579. The molecular weight excluding hydrogens is 510 g/mol. The normalized spacial score (nSPS) is 16.1. The third-order valence-corrected chi connectivity index (χ3v) is 8.64. The molecule has 0 aromatic heterocycles. The van der Waals surface area contributed by atoms with Crippen molar-refractivity contribution in [3.63, 3.8) is 0 Å². The fourth-order valence-electron chi connectivity index (χ4n) is 5.26. The van der Waals surface area contributed by atoms with Crippen LogP contribution in [0.1, 0.15) is 38.9 Å². The lowest BCUT2D eigenvalue weighted by Crippen LogP contribution is -2.27. The minimum atomic E-state index is 0.224. The van der Waals surface area contributed by atoms with Crippen molar-refractivity contribution in [3.8, 4) is 11.1 Å². The van der Waals surface area contributed by atoms with Crippen LogP contribution >= 0.6 is 11.8 Å². The average molecular weight is 542 g/mol. The van der Waals surface area contributed by atoms with Crippen LogP contribution in [0.3, 0.4) is 0 Å². The lowest BCUT2D eigenvalue weighted by Gasteiger charge is -2.24. The second-order valence-corrected chi connectivity index (χ2v) is 11.4. The molecule has 0 aliphatic carbocycles. The van der Waals surface area contributed by atoms with Crippen LogP contribution in [0.5, 0.6) is 0 Å². The molecule has 0 spiro atoms. The standard InChI is InChI=1S/C34H31N5S/c1-21-16-23(3)28(17-22(21)2)26-14-15-27-29(18-26)30(37-32(27)35)31-33(36)38-34(40-31)39(19-24-10-6-4-7-11-24)20-25-12-8-5-9-13-25/h4-18,36H,19-20H2,1-3H3,(H2,35,37)/b31-30+,36-33?. The quantitative estimate of drug-likeness (QED) is 0.243. The molecule has 0 amide bonds. The summed E-state index contributed by atoms with van der Waals surface area (Å²) in [6.45, 7) is 7.80. The Morgan fingerprint density at radius 1 is 0.700 bits per heavy atom. The van der Waals surface area contributed by atoms with Gasteiger partial charge in [-0.25, -0.2) is 4.99 Å². The van der Waals surface area contributed by atoms with E-state index in [1.54, 1.807) is 0 Å². The Bertz CT molecular complexity index is 1660. The minimum Gasteiger partial charge on any atom is -0.342 e. The summed E-state index contributed by atoms with van der Waals surface area (Å²) in [5.41, 5.74) is 11.0. The third-order valence-electron chi connectivity index (χ3n) is 7.51. The number of hydrogen-bond donors (Lipinski definition) is 3. The summed E-state index contributed by atoms with van der Waals surface area (Å²) in [6, 6.07) is 31.5. The monoisotopic (exact) mass is 541 g/mol. The number of aliphatic imine (C=N–C) groups is 1. The Balaban J connectivity index is 1.36. The van der Waals surface area contributed by atoms with Gasteiger partial charge in [0.2, 0.25) is 0 Å². The number of hydrogen-bond acceptors (Lipinski definition) is 4. The molecule has 2 aliphatic heterocycles. The SMILES string of the molecule is Cc1cc(C)c(-c2ccc3c(c2)/C(=C2\SC(N(Cc4ccccc4)Cc4ccccc4)=NC2=N)NC3=N)cc1C. The van der Waals surface area contributed by atoms with Gasteiger partial charge in [0.05, 0.1) is 10.6 Å². The van der Waals surface area contributed by atoms with Gasteiger partial charge in [0, 0.05) is 24.2 Å². The molecule has 4 aromatic rings. The molecule has 0 radical (unpaired) electrons. The van der Waals surface area contributed by atoms with Crippen molar-refractivity contribution in [1.82, 2.24) is 10.2 Å². The predicted molar refractivity (Wildman–Crippen MR) is 168 cm³/mol. The summed E-state index contributed by atoms with van der Waals surface area (Å²) < 4.78 is 0. The predicted octanol–water partition coefficient (Wildman–Crippen LogP) is 7.66. The third kappa shape index (κ3) is 4.98. The van der Waals surface area contributed by atoms with Gasteiger partial charge >= 0.3 is 0 Å². The molecule has 0 saturated heterocycles. The van der Waals surface area contributed by atoms with E-state index in [4.69, 9.17) is 15.8 Å². The molecule has 5 nitrogen and oxygen atoms in total. The molecule has 198 valence electrons. The maximum Gasteiger partial charge on any atom is 0.171 e. The van der Waals surface area contributed by atoms with Crippen LogP contribution in [0.25, 0.3) is 16.8 Å². The number of thioether (sulfide) groups is 1. The summed E-state index contributed by atoms with van der Waals surface area (Å²) >= 11 is 1.51. The van der Waals surface area contributed by atoms with E-state index in [0.29, 0.717) is 18.9 Å². The largest absolute Gasteiger partial charge is 0.342 e. The smallest absolute Gasteiger partial charge is 0.171 e. The summed E-state index contributed by atoms with van der Waals surface area (Å²) in [7, 11) is 0. The van der Waals surface area contributed by atoms with Crippen molar-refractivity contribution in [2.45, 2.75) is 33.9 Å². The van der Waals surface area contributed by atoms with E-state index in [-0.39, 0.29) is 5.84 Å². The molecule has 0 atom stereocenters. The Morgan fingerprint density at radius 2 is 1.32 bits per heavy atom. The first kappa shape index (κ1) is 25.8. The van der Waals surface area contributed by atoms with Gasteiger partial charge in [0.25, 0.3) is 0 Å². The van der Waals surface area contributed by atoms with Gasteiger partial charge in [-0.2, -0.15) is 0 Å². The van der Waals surface area contributed by atoms with E-state index in [1.807, 2.05) is 18.2 Å². The Morgan fingerprint density at radius 3 is 1.98 bits per heavy atom. The molecule has 0 saturated carbocycles. The van der Waals surface area contributed by atoms with Crippen molar-refractivity contribution < 1.29 is 0 Å². The fraction of sp³-hybridized carbons (Fsp3) is 0.147. The molecule has 0 fully saturated rings. The molecule has 2 aliphatic rings. The van der Waals surface area contributed by atoms with Crippen LogP contribution in [0, 0.1) is 31.6 Å². The summed E-state index contributed by atoms with van der Waals surface area (Å²) in [4.78, 5) is 7.72. The van der Waals surface area contributed by atoms with E-state index in [0.717, 1.165) is 32.5 Å². The van der Waals surface area contributed by atoms with Crippen LogP contribution in [0.2, 0.25) is 0 Å². The second-order valence-electron chi connectivity index (χ2n) is 10.4. The maximum absolute atomic E-state index is 8.86. The van der Waals surface area contributed by atoms with Crippen molar-refractivity contribution in [2.24, 2.45) is 4.99 Å². The number of benzene rings is 4. The van der Waals surface area contributed by atoms with E-state index < -0.39 is 0 Å². The molecule has 0 unspecified atom stereocenters. The highest BCUT2D eigenvalue weighted by Gasteiger charge is 2.32. The van der Waals surface area contributed by atoms with E-state index in [2.05, 4.69) is 104 Å². The molecular formula is C34H31N5S. The van der Waals surface area contributed by atoms with Crippen molar-refractivity contribution >= 4 is 34.3 Å². The van der Waals surface area contributed by atoms with Gasteiger partial charge in [0.15, 0.2) is 11.0 Å². The van der Waals surface area contributed by atoms with Gasteiger partial charge in [0.1, 0.15) is 5.84 Å². The highest BCUT2D eigenvalue weighted by molar-refractivity contribution is 8.18. The second kappa shape index (κ2) is 10.6. The highest BCUT2D eigenvalue weighted by atomic mass is 32.2.